The molecule has 1 aromatic rings. The van der Waals surface area contributed by atoms with E-state index in [4.69, 9.17) is 28.3 Å². The Balaban J connectivity index is 2.43. The molecule has 4 nitrogen and oxygen atoms in total. The zero-order chi connectivity index (χ0) is 14.5. The van der Waals surface area contributed by atoms with Crippen molar-refractivity contribution in [1.29, 1.82) is 0 Å². The van der Waals surface area contributed by atoms with Crippen LogP contribution in [-0.2, 0) is 0 Å². The molecule has 1 amide bonds. The van der Waals surface area contributed by atoms with Crippen molar-refractivity contribution in [2.24, 2.45) is 5.41 Å². The lowest BCUT2D eigenvalue weighted by Crippen LogP contribution is -2.26. The molecule has 0 aliphatic rings. The van der Waals surface area contributed by atoms with E-state index in [1.165, 1.54) is 12.1 Å². The average molecular weight is 305 g/mol. The van der Waals surface area contributed by atoms with Crippen molar-refractivity contribution in [3.05, 3.63) is 28.0 Å². The number of rotatable bonds is 6. The largest absolute Gasteiger partial charge is 0.396 e. The van der Waals surface area contributed by atoms with Gasteiger partial charge in [-0.3, -0.25) is 4.79 Å². The van der Waals surface area contributed by atoms with Crippen LogP contribution in [0.4, 0.5) is 0 Å². The molecule has 1 rings (SSSR count). The van der Waals surface area contributed by atoms with Gasteiger partial charge in [0.2, 0.25) is 0 Å². The summed E-state index contributed by atoms with van der Waals surface area (Å²) in [4.78, 5) is 15.6. The van der Waals surface area contributed by atoms with Crippen LogP contribution in [-0.4, -0.2) is 29.1 Å². The van der Waals surface area contributed by atoms with Crippen molar-refractivity contribution in [3.8, 4) is 0 Å². The first-order valence-corrected chi connectivity index (χ1v) is 6.82. The van der Waals surface area contributed by atoms with E-state index in [0.29, 0.717) is 12.1 Å². The predicted octanol–water partition coefficient (Wildman–Crippen LogP) is 2.92. The summed E-state index contributed by atoms with van der Waals surface area (Å²) in [5.41, 5.74) is 0.278. The maximum Gasteiger partial charge on any atom is 0.251 e. The summed E-state index contributed by atoms with van der Waals surface area (Å²) in [5, 5.41) is 12.3. The molecule has 0 spiro atoms. The number of amides is 1. The van der Waals surface area contributed by atoms with Gasteiger partial charge in [0.25, 0.3) is 5.91 Å². The van der Waals surface area contributed by atoms with E-state index < -0.39 is 0 Å². The smallest absolute Gasteiger partial charge is 0.251 e. The number of aliphatic hydroxyl groups is 1. The molecule has 1 heterocycles. The minimum atomic E-state index is -0.229. The van der Waals surface area contributed by atoms with Gasteiger partial charge in [0.15, 0.2) is 0 Å². The number of aromatic nitrogens is 1. The average Bonchev–Trinajstić information content (AvgIpc) is 2.33. The number of halogens is 2. The van der Waals surface area contributed by atoms with E-state index >= 15 is 0 Å². The topological polar surface area (TPSA) is 62.2 Å². The first kappa shape index (κ1) is 16.2. The Kier molecular flexibility index (Phi) is 6.04. The van der Waals surface area contributed by atoms with Crippen LogP contribution < -0.4 is 5.32 Å². The molecule has 0 aliphatic heterocycles. The minimum absolute atomic E-state index is 0.117. The summed E-state index contributed by atoms with van der Waals surface area (Å²) in [6.45, 7) is 4.64. The number of hydrogen-bond donors (Lipinski definition) is 2. The van der Waals surface area contributed by atoms with Crippen LogP contribution in [0.3, 0.4) is 0 Å². The summed E-state index contributed by atoms with van der Waals surface area (Å²) in [7, 11) is 0. The van der Waals surface area contributed by atoms with E-state index in [-0.39, 0.29) is 28.2 Å². The highest BCUT2D eigenvalue weighted by Gasteiger charge is 2.16. The highest BCUT2D eigenvalue weighted by atomic mass is 35.5. The molecule has 0 atom stereocenters. The van der Waals surface area contributed by atoms with Gasteiger partial charge < -0.3 is 10.4 Å². The van der Waals surface area contributed by atoms with Crippen molar-refractivity contribution in [2.75, 3.05) is 13.2 Å². The van der Waals surface area contributed by atoms with Crippen molar-refractivity contribution in [2.45, 2.75) is 26.7 Å². The Morgan fingerprint density at radius 3 is 2.47 bits per heavy atom. The van der Waals surface area contributed by atoms with Crippen molar-refractivity contribution < 1.29 is 9.90 Å². The third-order valence-corrected chi connectivity index (χ3v) is 3.16. The summed E-state index contributed by atoms with van der Waals surface area (Å²) in [5.74, 6) is -0.229. The van der Waals surface area contributed by atoms with Gasteiger partial charge in [0.05, 0.1) is 0 Å². The Hall–Kier alpha value is -0.840. The van der Waals surface area contributed by atoms with Crippen LogP contribution in [0.15, 0.2) is 12.1 Å². The predicted molar refractivity (Wildman–Crippen MR) is 76.7 cm³/mol. The highest BCUT2D eigenvalue weighted by Crippen LogP contribution is 2.20. The number of carbonyl (C=O) groups excluding carboxylic acids is 1. The standard InChI is InChI=1S/C13H18Cl2N2O2/c1-13(2,8-18)4-3-5-16-12(19)9-6-10(14)17-11(15)7-9/h6-7,18H,3-5,8H2,1-2H3,(H,16,19). The molecule has 6 heteroatoms. The maximum absolute atomic E-state index is 11.8. The number of carbonyl (C=O) groups is 1. The van der Waals surface area contributed by atoms with Gasteiger partial charge in [0, 0.05) is 18.7 Å². The monoisotopic (exact) mass is 304 g/mol. The number of aliphatic hydroxyl groups excluding tert-OH is 1. The molecule has 0 bridgehead atoms. The van der Waals surface area contributed by atoms with Gasteiger partial charge in [-0.2, -0.15) is 0 Å². The number of nitrogens with zero attached hydrogens (tertiary/aromatic N) is 1. The zero-order valence-corrected chi connectivity index (χ0v) is 12.6. The fraction of sp³-hybridized carbons (Fsp3) is 0.538. The number of nitrogens with one attached hydrogen (secondary N) is 1. The quantitative estimate of drug-likeness (QED) is 0.627. The Labute approximate surface area is 123 Å². The lowest BCUT2D eigenvalue weighted by atomic mass is 9.89. The van der Waals surface area contributed by atoms with Gasteiger partial charge in [-0.15, -0.1) is 0 Å². The van der Waals surface area contributed by atoms with E-state index in [1.807, 2.05) is 13.8 Å². The molecule has 0 unspecified atom stereocenters. The minimum Gasteiger partial charge on any atom is -0.396 e. The van der Waals surface area contributed by atoms with Crippen LogP contribution in [0.5, 0.6) is 0 Å². The van der Waals surface area contributed by atoms with Crippen LogP contribution in [0, 0.1) is 5.41 Å². The second-order valence-corrected chi connectivity index (χ2v) is 5.96. The molecule has 0 aromatic carbocycles. The molecule has 2 N–H and O–H groups in total. The fourth-order valence-electron chi connectivity index (χ4n) is 1.55. The number of hydrogen-bond acceptors (Lipinski definition) is 3. The molecule has 0 saturated carbocycles. The van der Waals surface area contributed by atoms with E-state index in [2.05, 4.69) is 10.3 Å². The van der Waals surface area contributed by atoms with Crippen LogP contribution in [0.2, 0.25) is 10.3 Å². The van der Waals surface area contributed by atoms with Crippen molar-refractivity contribution in [1.82, 2.24) is 10.3 Å². The lowest BCUT2D eigenvalue weighted by Gasteiger charge is -2.21. The molecule has 0 fully saturated rings. The zero-order valence-electron chi connectivity index (χ0n) is 11.0. The van der Waals surface area contributed by atoms with E-state index in [1.54, 1.807) is 0 Å². The van der Waals surface area contributed by atoms with Gasteiger partial charge >= 0.3 is 0 Å². The summed E-state index contributed by atoms with van der Waals surface area (Å²) in [6, 6.07) is 2.95. The lowest BCUT2D eigenvalue weighted by molar-refractivity contribution is 0.0948. The molecular weight excluding hydrogens is 287 g/mol. The molecule has 0 saturated heterocycles. The molecule has 1 aromatic heterocycles. The second-order valence-electron chi connectivity index (χ2n) is 5.18. The maximum atomic E-state index is 11.8. The van der Waals surface area contributed by atoms with Crippen LogP contribution in [0.25, 0.3) is 0 Å². The second kappa shape index (κ2) is 7.08. The third kappa shape index (κ3) is 5.76. The Morgan fingerprint density at radius 1 is 1.37 bits per heavy atom. The highest BCUT2D eigenvalue weighted by molar-refractivity contribution is 6.33. The van der Waals surface area contributed by atoms with Gasteiger partial charge in [-0.25, -0.2) is 4.98 Å². The van der Waals surface area contributed by atoms with Gasteiger partial charge in [-0.05, 0) is 30.4 Å². The molecular formula is C13H18Cl2N2O2. The summed E-state index contributed by atoms with van der Waals surface area (Å²) >= 11 is 11.5. The van der Waals surface area contributed by atoms with Crippen molar-refractivity contribution in [3.63, 3.8) is 0 Å². The third-order valence-electron chi connectivity index (χ3n) is 2.77. The molecule has 19 heavy (non-hydrogen) atoms. The Morgan fingerprint density at radius 2 is 1.95 bits per heavy atom. The van der Waals surface area contributed by atoms with Gasteiger partial charge in [-0.1, -0.05) is 37.0 Å². The normalized spacial score (nSPS) is 11.4. The van der Waals surface area contributed by atoms with Crippen LogP contribution in [0.1, 0.15) is 37.0 Å². The summed E-state index contributed by atoms with van der Waals surface area (Å²) in [6.07, 6.45) is 1.63. The van der Waals surface area contributed by atoms with Gasteiger partial charge in [0.1, 0.15) is 10.3 Å². The molecule has 106 valence electrons. The van der Waals surface area contributed by atoms with E-state index in [0.717, 1.165) is 12.8 Å². The molecule has 0 radical (unpaired) electrons. The number of pyridine rings is 1. The first-order chi connectivity index (χ1) is 8.84. The SMILES string of the molecule is CC(C)(CO)CCCNC(=O)c1cc(Cl)nc(Cl)c1. The Bertz CT molecular complexity index is 430. The molecule has 0 aliphatic carbocycles. The van der Waals surface area contributed by atoms with Crippen LogP contribution >= 0.6 is 23.2 Å². The first-order valence-electron chi connectivity index (χ1n) is 6.06. The van der Waals surface area contributed by atoms with E-state index in [9.17, 15) is 4.79 Å². The summed E-state index contributed by atoms with van der Waals surface area (Å²) < 4.78 is 0. The van der Waals surface area contributed by atoms with Crippen molar-refractivity contribution >= 4 is 29.1 Å². The fourth-order valence-corrected chi connectivity index (χ4v) is 2.01.